The van der Waals surface area contributed by atoms with Gasteiger partial charge in [-0.1, -0.05) is 12.1 Å². The molecule has 1 atom stereocenters. The molecular formula is C26H31N5O3. The van der Waals surface area contributed by atoms with Crippen LogP contribution < -0.4 is 4.74 Å². The fraction of sp³-hybridized carbons (Fsp3) is 0.462. The van der Waals surface area contributed by atoms with Crippen molar-refractivity contribution in [2.75, 3.05) is 32.8 Å². The van der Waals surface area contributed by atoms with E-state index in [1.807, 2.05) is 50.9 Å². The third-order valence-corrected chi connectivity index (χ3v) is 6.87. The van der Waals surface area contributed by atoms with E-state index in [-0.39, 0.29) is 11.8 Å². The zero-order valence-corrected chi connectivity index (χ0v) is 19.4. The lowest BCUT2D eigenvalue weighted by Crippen LogP contribution is -2.33. The molecule has 34 heavy (non-hydrogen) atoms. The van der Waals surface area contributed by atoms with Gasteiger partial charge >= 0.3 is 0 Å². The van der Waals surface area contributed by atoms with Gasteiger partial charge in [-0.25, -0.2) is 4.98 Å². The van der Waals surface area contributed by atoms with E-state index < -0.39 is 0 Å². The molecule has 1 aromatic carbocycles. The lowest BCUT2D eigenvalue weighted by atomic mass is 9.95. The van der Waals surface area contributed by atoms with E-state index in [0.717, 1.165) is 63.1 Å². The van der Waals surface area contributed by atoms with E-state index in [1.165, 1.54) is 0 Å². The number of aromatic nitrogens is 3. The van der Waals surface area contributed by atoms with Gasteiger partial charge in [0.15, 0.2) is 5.65 Å². The number of hydrogen-bond acceptors (Lipinski definition) is 5. The molecule has 2 fully saturated rings. The van der Waals surface area contributed by atoms with E-state index in [0.29, 0.717) is 36.8 Å². The van der Waals surface area contributed by atoms with Gasteiger partial charge in [0, 0.05) is 44.6 Å². The van der Waals surface area contributed by atoms with E-state index >= 15 is 0 Å². The molecule has 1 unspecified atom stereocenters. The van der Waals surface area contributed by atoms with E-state index in [9.17, 15) is 9.59 Å². The van der Waals surface area contributed by atoms with Crippen LogP contribution in [0.4, 0.5) is 0 Å². The number of carbonyl (C=O) groups excluding carboxylic acids is 2. The second kappa shape index (κ2) is 10.2. The Kier molecular flexibility index (Phi) is 6.74. The maximum atomic E-state index is 13.4. The maximum absolute atomic E-state index is 13.4. The number of rotatable bonds is 7. The molecule has 2 saturated heterocycles. The van der Waals surface area contributed by atoms with Gasteiger partial charge < -0.3 is 18.9 Å². The average Bonchev–Trinajstić information content (AvgIpc) is 3.42. The molecular weight excluding hydrogens is 430 g/mol. The van der Waals surface area contributed by atoms with Crippen LogP contribution in [0.5, 0.6) is 5.75 Å². The summed E-state index contributed by atoms with van der Waals surface area (Å²) in [7, 11) is 0. The Labute approximate surface area is 199 Å². The number of likely N-dealkylation sites (tertiary alicyclic amines) is 2. The van der Waals surface area contributed by atoms with Crippen LogP contribution in [0.25, 0.3) is 5.65 Å². The molecule has 0 N–H and O–H groups in total. The zero-order chi connectivity index (χ0) is 23.3. The molecule has 2 aliphatic heterocycles. The Hall–Kier alpha value is -3.42. The second-order valence-electron chi connectivity index (χ2n) is 9.19. The lowest BCUT2D eigenvalue weighted by molar-refractivity contribution is -0.128. The minimum absolute atomic E-state index is 0.0199. The Bertz CT molecular complexity index is 1160. The smallest absolute Gasteiger partial charge is 0.257 e. The quantitative estimate of drug-likeness (QED) is 0.540. The first-order valence-electron chi connectivity index (χ1n) is 12.2. The molecule has 2 aliphatic rings. The summed E-state index contributed by atoms with van der Waals surface area (Å²) in [6.07, 6.45) is 13.1. The molecule has 0 bridgehead atoms. The number of hydrogen-bond donors (Lipinski definition) is 0. The van der Waals surface area contributed by atoms with Crippen molar-refractivity contribution in [2.24, 2.45) is 5.92 Å². The molecule has 5 rings (SSSR count). The minimum atomic E-state index is 0.0199. The summed E-state index contributed by atoms with van der Waals surface area (Å²) in [4.78, 5) is 37.8. The highest BCUT2D eigenvalue weighted by Crippen LogP contribution is 2.25. The molecule has 2 aromatic heterocycles. The van der Waals surface area contributed by atoms with E-state index in [2.05, 4.69) is 16.2 Å². The van der Waals surface area contributed by atoms with Gasteiger partial charge in [0.05, 0.1) is 24.0 Å². The van der Waals surface area contributed by atoms with Crippen molar-refractivity contribution in [1.82, 2.24) is 24.2 Å². The van der Waals surface area contributed by atoms with Crippen molar-refractivity contribution < 1.29 is 14.3 Å². The molecule has 0 aliphatic carbocycles. The SMILES string of the molecule is O=C1CCCN1CCOc1ccccc1C(=O)N1CCCC(Cc2cn3ccnc3cn2)CC1. The Balaban J connectivity index is 1.18. The van der Waals surface area contributed by atoms with Gasteiger partial charge in [0.25, 0.3) is 5.91 Å². The predicted octanol–water partition coefficient (Wildman–Crippen LogP) is 3.22. The van der Waals surface area contributed by atoms with Gasteiger partial charge in [-0.05, 0) is 50.2 Å². The van der Waals surface area contributed by atoms with Gasteiger partial charge in [-0.15, -0.1) is 0 Å². The number of ether oxygens (including phenoxy) is 1. The first-order valence-corrected chi connectivity index (χ1v) is 12.2. The maximum Gasteiger partial charge on any atom is 0.257 e. The number of nitrogens with zero attached hydrogens (tertiary/aromatic N) is 5. The Morgan fingerprint density at radius 2 is 2.00 bits per heavy atom. The molecule has 0 radical (unpaired) electrons. The minimum Gasteiger partial charge on any atom is -0.491 e. The number of amides is 2. The number of imidazole rings is 1. The van der Waals surface area contributed by atoms with Crippen LogP contribution in [-0.2, 0) is 11.2 Å². The predicted molar refractivity (Wildman–Crippen MR) is 128 cm³/mol. The highest BCUT2D eigenvalue weighted by Gasteiger charge is 2.25. The largest absolute Gasteiger partial charge is 0.491 e. The molecule has 4 heterocycles. The fourth-order valence-corrected chi connectivity index (χ4v) is 4.99. The zero-order valence-electron chi connectivity index (χ0n) is 19.4. The molecule has 8 nitrogen and oxygen atoms in total. The molecule has 2 amide bonds. The van der Waals surface area contributed by atoms with Crippen molar-refractivity contribution in [2.45, 2.75) is 38.5 Å². The van der Waals surface area contributed by atoms with E-state index in [1.54, 1.807) is 6.20 Å². The summed E-state index contributed by atoms with van der Waals surface area (Å²) in [6.45, 7) is 3.23. The topological polar surface area (TPSA) is 80.0 Å². The Morgan fingerprint density at radius 3 is 2.88 bits per heavy atom. The monoisotopic (exact) mass is 461 g/mol. The summed E-state index contributed by atoms with van der Waals surface area (Å²) in [6, 6.07) is 7.45. The summed E-state index contributed by atoms with van der Waals surface area (Å²) >= 11 is 0. The summed E-state index contributed by atoms with van der Waals surface area (Å²) in [5, 5.41) is 0. The van der Waals surface area contributed by atoms with Gasteiger partial charge in [-0.3, -0.25) is 14.6 Å². The van der Waals surface area contributed by atoms with Crippen LogP contribution in [0.3, 0.4) is 0 Å². The number of benzene rings is 1. The van der Waals surface area contributed by atoms with Crippen LogP contribution in [0.2, 0.25) is 0 Å². The third kappa shape index (κ3) is 5.05. The number of carbonyl (C=O) groups is 2. The second-order valence-corrected chi connectivity index (χ2v) is 9.19. The molecule has 3 aromatic rings. The van der Waals surface area contributed by atoms with Crippen molar-refractivity contribution in [1.29, 1.82) is 0 Å². The summed E-state index contributed by atoms with van der Waals surface area (Å²) < 4.78 is 7.97. The number of fused-ring (bicyclic) bond motifs is 1. The Morgan fingerprint density at radius 1 is 1.09 bits per heavy atom. The first kappa shape index (κ1) is 22.4. The van der Waals surface area contributed by atoms with Gasteiger partial charge in [0.2, 0.25) is 5.91 Å². The molecule has 0 spiro atoms. The third-order valence-electron chi connectivity index (χ3n) is 6.87. The van der Waals surface area contributed by atoms with Gasteiger partial charge in [0.1, 0.15) is 12.4 Å². The average molecular weight is 462 g/mol. The van der Waals surface area contributed by atoms with Crippen LogP contribution in [0, 0.1) is 5.92 Å². The lowest BCUT2D eigenvalue weighted by Gasteiger charge is -2.22. The standard InChI is InChI=1S/C26H31N5O3/c32-25-8-4-11-29(25)15-16-34-23-7-2-1-6-22(23)26(33)30-12-3-5-20(9-13-30)17-21-19-31-14-10-27-24(31)18-28-21/h1-2,6-7,10,14,18-20H,3-5,8-9,11-13,15-17H2. The molecule has 178 valence electrons. The van der Waals surface area contributed by atoms with E-state index in [4.69, 9.17) is 4.74 Å². The first-order chi connectivity index (χ1) is 16.7. The van der Waals surface area contributed by atoms with Crippen molar-refractivity contribution >= 4 is 17.5 Å². The van der Waals surface area contributed by atoms with Crippen molar-refractivity contribution in [3.63, 3.8) is 0 Å². The molecule has 8 heteroatoms. The van der Waals surface area contributed by atoms with Crippen LogP contribution >= 0.6 is 0 Å². The normalized spacial score (nSPS) is 18.9. The van der Waals surface area contributed by atoms with Crippen molar-refractivity contribution in [3.05, 3.63) is 60.3 Å². The number of para-hydroxylation sites is 1. The van der Waals surface area contributed by atoms with Crippen LogP contribution in [0.1, 0.15) is 48.2 Å². The van der Waals surface area contributed by atoms with Gasteiger partial charge in [-0.2, -0.15) is 0 Å². The van der Waals surface area contributed by atoms with Crippen LogP contribution in [0.15, 0.2) is 49.1 Å². The molecule has 0 saturated carbocycles. The fourth-order valence-electron chi connectivity index (χ4n) is 4.99. The van der Waals surface area contributed by atoms with Crippen molar-refractivity contribution in [3.8, 4) is 5.75 Å². The highest BCUT2D eigenvalue weighted by atomic mass is 16.5. The van der Waals surface area contributed by atoms with Crippen LogP contribution in [-0.4, -0.2) is 68.8 Å². The summed E-state index contributed by atoms with van der Waals surface area (Å²) in [5.74, 6) is 1.30. The highest BCUT2D eigenvalue weighted by molar-refractivity contribution is 5.97. The summed E-state index contributed by atoms with van der Waals surface area (Å²) in [5.41, 5.74) is 2.51.